The van der Waals surface area contributed by atoms with Gasteiger partial charge >= 0.3 is 5.97 Å². The molecule has 25 heavy (non-hydrogen) atoms. The lowest BCUT2D eigenvalue weighted by Gasteiger charge is -2.41. The van der Waals surface area contributed by atoms with Gasteiger partial charge in [-0.15, -0.1) is 23.2 Å². The lowest BCUT2D eigenvalue weighted by molar-refractivity contribution is -0.153. The number of alkyl halides is 2. The van der Waals surface area contributed by atoms with E-state index in [2.05, 4.69) is 5.32 Å². The Morgan fingerprint density at radius 1 is 1.24 bits per heavy atom. The van der Waals surface area contributed by atoms with Crippen LogP contribution in [0, 0.1) is 5.41 Å². The molecule has 1 unspecified atom stereocenters. The monoisotopic (exact) mass is 384 g/mol. The molecule has 6 nitrogen and oxygen atoms in total. The van der Waals surface area contributed by atoms with E-state index in [0.29, 0.717) is 11.4 Å². The summed E-state index contributed by atoms with van der Waals surface area (Å²) in [4.78, 5) is 38.6. The fraction of sp³-hybridized carbons (Fsp3) is 0.471. The first-order chi connectivity index (χ1) is 11.5. The van der Waals surface area contributed by atoms with Crippen LogP contribution in [0.1, 0.15) is 27.2 Å². The fourth-order valence-electron chi connectivity index (χ4n) is 2.87. The Hall–Kier alpha value is -1.79. The number of carbonyl (C=O) groups is 3. The topological polar surface area (TPSA) is 75.7 Å². The Morgan fingerprint density at radius 3 is 2.44 bits per heavy atom. The molecule has 3 rings (SSSR count). The molecule has 0 aromatic heterocycles. The van der Waals surface area contributed by atoms with Crippen molar-refractivity contribution in [2.45, 2.75) is 37.1 Å². The minimum absolute atomic E-state index is 0.274. The summed E-state index contributed by atoms with van der Waals surface area (Å²) < 4.78 is 3.97. The van der Waals surface area contributed by atoms with E-state index < -0.39 is 33.8 Å². The zero-order valence-corrected chi connectivity index (χ0v) is 15.6. The fourth-order valence-corrected chi connectivity index (χ4v) is 3.56. The standard InChI is InChI=1S/C17H18Cl2N2O4/c1-15(2)13(23)20-10-6-4-5-7-11(10)21(15)12(22)8-25-14(24)16(3)9-17(16,18)19/h4-7H,8-9H2,1-3H3,(H,20,23). The first-order valence-electron chi connectivity index (χ1n) is 7.79. The molecule has 1 aliphatic carbocycles. The van der Waals surface area contributed by atoms with E-state index in [9.17, 15) is 14.4 Å². The van der Waals surface area contributed by atoms with Crippen molar-refractivity contribution in [2.24, 2.45) is 5.41 Å². The molecule has 1 aliphatic heterocycles. The lowest BCUT2D eigenvalue weighted by atomic mass is 9.96. The molecule has 1 aromatic rings. The third-order valence-corrected chi connectivity index (χ3v) is 5.89. The Bertz CT molecular complexity index is 778. The first-order valence-corrected chi connectivity index (χ1v) is 8.55. The normalized spacial score (nSPS) is 25.6. The molecule has 1 heterocycles. The molecule has 0 saturated heterocycles. The van der Waals surface area contributed by atoms with Gasteiger partial charge in [-0.2, -0.15) is 0 Å². The molecule has 134 valence electrons. The predicted molar refractivity (Wildman–Crippen MR) is 94.8 cm³/mol. The van der Waals surface area contributed by atoms with Gasteiger partial charge in [0.1, 0.15) is 15.3 Å². The maximum Gasteiger partial charge on any atom is 0.315 e. The maximum atomic E-state index is 12.7. The number of amides is 2. The van der Waals surface area contributed by atoms with E-state index in [4.69, 9.17) is 27.9 Å². The maximum absolute atomic E-state index is 12.7. The number of halogens is 2. The van der Waals surface area contributed by atoms with Crippen molar-refractivity contribution in [1.29, 1.82) is 0 Å². The molecule has 1 aromatic carbocycles. The van der Waals surface area contributed by atoms with Crippen LogP contribution < -0.4 is 10.2 Å². The van der Waals surface area contributed by atoms with Gasteiger partial charge in [0.25, 0.3) is 5.91 Å². The number of fused-ring (bicyclic) bond motifs is 1. The van der Waals surface area contributed by atoms with Crippen LogP contribution in [0.25, 0.3) is 0 Å². The molecule has 1 saturated carbocycles. The van der Waals surface area contributed by atoms with E-state index in [1.54, 1.807) is 45.0 Å². The van der Waals surface area contributed by atoms with Crippen LogP contribution in [0.15, 0.2) is 24.3 Å². The molecule has 0 bridgehead atoms. The number of ether oxygens (including phenoxy) is 1. The number of para-hydroxylation sites is 2. The van der Waals surface area contributed by atoms with E-state index in [-0.39, 0.29) is 12.3 Å². The Labute approximate surface area is 155 Å². The van der Waals surface area contributed by atoms with Crippen LogP contribution in [0.4, 0.5) is 11.4 Å². The number of anilines is 2. The Balaban J connectivity index is 1.79. The van der Waals surface area contributed by atoms with Crippen LogP contribution in [-0.4, -0.2) is 34.3 Å². The zero-order chi connectivity index (χ0) is 18.6. The van der Waals surface area contributed by atoms with E-state index in [0.717, 1.165) is 0 Å². The van der Waals surface area contributed by atoms with Gasteiger partial charge in [0, 0.05) is 6.42 Å². The number of hydrogen-bond acceptors (Lipinski definition) is 4. The van der Waals surface area contributed by atoms with Crippen LogP contribution in [0.5, 0.6) is 0 Å². The molecule has 0 spiro atoms. The van der Waals surface area contributed by atoms with Crippen LogP contribution in [-0.2, 0) is 19.1 Å². The highest BCUT2D eigenvalue weighted by atomic mass is 35.5. The van der Waals surface area contributed by atoms with Gasteiger partial charge in [-0.1, -0.05) is 12.1 Å². The van der Waals surface area contributed by atoms with Gasteiger partial charge in [-0.05, 0) is 32.9 Å². The molecule has 2 amide bonds. The Morgan fingerprint density at radius 2 is 1.84 bits per heavy atom. The highest BCUT2D eigenvalue weighted by Gasteiger charge is 2.69. The van der Waals surface area contributed by atoms with Crippen LogP contribution in [0.2, 0.25) is 0 Å². The SMILES string of the molecule is CC1(C)C(=O)Nc2ccccc2N1C(=O)COC(=O)C1(C)CC1(Cl)Cl. The van der Waals surface area contributed by atoms with Gasteiger partial charge in [0.2, 0.25) is 5.91 Å². The van der Waals surface area contributed by atoms with Crippen molar-refractivity contribution >= 4 is 52.4 Å². The molecule has 1 N–H and O–H groups in total. The second kappa shape index (κ2) is 5.61. The third kappa shape index (κ3) is 2.77. The third-order valence-electron chi connectivity index (χ3n) is 4.79. The van der Waals surface area contributed by atoms with Crippen LogP contribution >= 0.6 is 23.2 Å². The second-order valence-electron chi connectivity index (χ2n) is 7.05. The molecule has 1 fully saturated rings. The summed E-state index contributed by atoms with van der Waals surface area (Å²) in [6.45, 7) is 4.35. The van der Waals surface area contributed by atoms with Crippen molar-refractivity contribution in [3.05, 3.63) is 24.3 Å². The van der Waals surface area contributed by atoms with Gasteiger partial charge in [-0.25, -0.2) is 0 Å². The molecular formula is C17H18Cl2N2O4. The number of carbonyl (C=O) groups excluding carboxylic acids is 3. The quantitative estimate of drug-likeness (QED) is 0.641. The van der Waals surface area contributed by atoms with Gasteiger partial charge in [0.05, 0.1) is 11.4 Å². The summed E-state index contributed by atoms with van der Waals surface area (Å²) in [5.41, 5.74) is -1.05. The summed E-state index contributed by atoms with van der Waals surface area (Å²) in [6, 6.07) is 6.95. The zero-order valence-electron chi connectivity index (χ0n) is 14.1. The predicted octanol–water partition coefficient (Wildman–Crippen LogP) is 2.88. The van der Waals surface area contributed by atoms with E-state index in [1.165, 1.54) is 4.90 Å². The van der Waals surface area contributed by atoms with E-state index >= 15 is 0 Å². The molecule has 2 aliphatic rings. The Kier molecular flexibility index (Phi) is 4.04. The molecule has 8 heteroatoms. The average molecular weight is 385 g/mol. The van der Waals surface area contributed by atoms with Gasteiger partial charge in [-0.3, -0.25) is 19.3 Å². The molecular weight excluding hydrogens is 367 g/mol. The molecule has 0 radical (unpaired) electrons. The van der Waals surface area contributed by atoms with Crippen molar-refractivity contribution in [3.8, 4) is 0 Å². The van der Waals surface area contributed by atoms with Crippen LogP contribution in [0.3, 0.4) is 0 Å². The lowest BCUT2D eigenvalue weighted by Crippen LogP contribution is -2.59. The number of nitrogens with zero attached hydrogens (tertiary/aromatic N) is 1. The highest BCUT2D eigenvalue weighted by Crippen LogP contribution is 2.64. The first kappa shape index (κ1) is 18.0. The number of nitrogens with one attached hydrogen (secondary N) is 1. The molecule has 1 atom stereocenters. The van der Waals surface area contributed by atoms with Gasteiger partial charge < -0.3 is 10.1 Å². The summed E-state index contributed by atoms with van der Waals surface area (Å²) in [5, 5.41) is 2.77. The number of rotatable bonds is 3. The smallest absolute Gasteiger partial charge is 0.315 e. The number of esters is 1. The summed E-state index contributed by atoms with van der Waals surface area (Å²) in [7, 11) is 0. The average Bonchev–Trinajstić information content (AvgIpc) is 3.05. The summed E-state index contributed by atoms with van der Waals surface area (Å²) in [6.07, 6.45) is 0.274. The minimum Gasteiger partial charge on any atom is -0.455 e. The number of hydrogen-bond donors (Lipinski definition) is 1. The van der Waals surface area contributed by atoms with Crippen molar-refractivity contribution in [2.75, 3.05) is 16.8 Å². The summed E-state index contributed by atoms with van der Waals surface area (Å²) in [5.74, 6) is -1.45. The summed E-state index contributed by atoms with van der Waals surface area (Å²) >= 11 is 11.9. The van der Waals surface area contributed by atoms with E-state index in [1.807, 2.05) is 0 Å². The van der Waals surface area contributed by atoms with Crippen molar-refractivity contribution in [3.63, 3.8) is 0 Å². The van der Waals surface area contributed by atoms with Crippen molar-refractivity contribution in [1.82, 2.24) is 0 Å². The van der Waals surface area contributed by atoms with Gasteiger partial charge in [0.15, 0.2) is 6.61 Å². The second-order valence-corrected chi connectivity index (χ2v) is 8.53. The number of benzene rings is 1. The largest absolute Gasteiger partial charge is 0.455 e. The van der Waals surface area contributed by atoms with Crippen molar-refractivity contribution < 1.29 is 19.1 Å². The minimum atomic E-state index is -1.16. The highest BCUT2D eigenvalue weighted by molar-refractivity contribution is 6.53.